The highest BCUT2D eigenvalue weighted by Gasteiger charge is 2.17. The van der Waals surface area contributed by atoms with Crippen molar-refractivity contribution in [3.8, 4) is 34.4 Å². The predicted octanol–water partition coefficient (Wildman–Crippen LogP) is 4.04. The minimum Gasteiger partial charge on any atom is -0.493 e. The third-order valence-corrected chi connectivity index (χ3v) is 3.89. The Balaban J connectivity index is 2.13. The normalized spacial score (nSPS) is 10.7. The van der Waals surface area contributed by atoms with Gasteiger partial charge in [0.25, 0.3) is 0 Å². The van der Waals surface area contributed by atoms with Gasteiger partial charge in [-0.25, -0.2) is 4.98 Å². The van der Waals surface area contributed by atoms with Crippen LogP contribution in [0.25, 0.3) is 22.4 Å². The fourth-order valence-electron chi connectivity index (χ4n) is 2.68. The van der Waals surface area contributed by atoms with Gasteiger partial charge in [-0.1, -0.05) is 13.0 Å². The van der Waals surface area contributed by atoms with Crippen LogP contribution in [0.3, 0.4) is 0 Å². The lowest BCUT2D eigenvalue weighted by Gasteiger charge is -2.13. The highest BCUT2D eigenvalue weighted by molar-refractivity contribution is 5.84. The molecule has 0 spiro atoms. The average molecular weight is 342 g/mol. The number of methoxy groups -OCH3 is 3. The maximum atomic E-state index is 5.91. The van der Waals surface area contributed by atoms with E-state index in [-0.39, 0.29) is 0 Å². The number of imidazole rings is 1. The van der Waals surface area contributed by atoms with Gasteiger partial charge >= 0.3 is 0 Å². The van der Waals surface area contributed by atoms with Gasteiger partial charge in [-0.2, -0.15) is 0 Å². The zero-order valence-corrected chi connectivity index (χ0v) is 14.9. The lowest BCUT2D eigenvalue weighted by atomic mass is 10.1. The quantitative estimate of drug-likeness (QED) is 0.702. The maximum absolute atomic E-state index is 5.91. The summed E-state index contributed by atoms with van der Waals surface area (Å²) in [5.74, 6) is 3.36. The molecule has 0 aliphatic carbocycles. The van der Waals surface area contributed by atoms with Gasteiger partial charge in [-0.05, 0) is 18.6 Å². The molecule has 0 amide bonds. The molecule has 0 saturated heterocycles. The van der Waals surface area contributed by atoms with Crippen molar-refractivity contribution in [2.75, 3.05) is 27.9 Å². The van der Waals surface area contributed by atoms with Gasteiger partial charge in [0.05, 0.1) is 44.5 Å². The molecule has 25 heavy (non-hydrogen) atoms. The first-order chi connectivity index (χ1) is 12.2. The Morgan fingerprint density at radius 2 is 1.68 bits per heavy atom. The van der Waals surface area contributed by atoms with Crippen molar-refractivity contribution in [3.63, 3.8) is 0 Å². The molecule has 1 heterocycles. The van der Waals surface area contributed by atoms with E-state index in [1.54, 1.807) is 21.3 Å². The Morgan fingerprint density at radius 3 is 2.36 bits per heavy atom. The monoisotopic (exact) mass is 342 g/mol. The molecular weight excluding hydrogens is 320 g/mol. The van der Waals surface area contributed by atoms with Crippen LogP contribution >= 0.6 is 0 Å². The van der Waals surface area contributed by atoms with Gasteiger partial charge in [0.15, 0.2) is 23.0 Å². The number of hydrogen-bond acceptors (Lipinski definition) is 5. The van der Waals surface area contributed by atoms with Crippen LogP contribution in [0, 0.1) is 0 Å². The Bertz CT molecular complexity index is 832. The van der Waals surface area contributed by atoms with Crippen molar-refractivity contribution < 1.29 is 18.9 Å². The zero-order valence-electron chi connectivity index (χ0n) is 14.9. The number of rotatable bonds is 7. The Morgan fingerprint density at radius 1 is 0.960 bits per heavy atom. The van der Waals surface area contributed by atoms with E-state index in [4.69, 9.17) is 18.9 Å². The second-order valence-corrected chi connectivity index (χ2v) is 5.50. The number of nitrogens with zero attached hydrogens (tertiary/aromatic N) is 1. The molecule has 0 fully saturated rings. The summed E-state index contributed by atoms with van der Waals surface area (Å²) in [4.78, 5) is 8.01. The SMILES string of the molecule is CCCOc1c(OC)cccc1-c1nc2cc(OC)c(OC)cc2[nH]1. The van der Waals surface area contributed by atoms with Gasteiger partial charge in [0.2, 0.25) is 0 Å². The number of hydrogen-bond donors (Lipinski definition) is 1. The molecule has 2 aromatic carbocycles. The van der Waals surface area contributed by atoms with Crippen LogP contribution in [0.4, 0.5) is 0 Å². The van der Waals surface area contributed by atoms with Crippen molar-refractivity contribution >= 4 is 11.0 Å². The van der Waals surface area contributed by atoms with E-state index < -0.39 is 0 Å². The zero-order chi connectivity index (χ0) is 17.8. The second kappa shape index (κ2) is 7.34. The van der Waals surface area contributed by atoms with Crippen molar-refractivity contribution in [2.24, 2.45) is 0 Å². The molecule has 0 saturated carbocycles. The lowest BCUT2D eigenvalue weighted by molar-refractivity contribution is 0.295. The van der Waals surface area contributed by atoms with Gasteiger partial charge in [0.1, 0.15) is 5.82 Å². The smallest absolute Gasteiger partial charge is 0.172 e. The number of fused-ring (bicyclic) bond motifs is 1. The summed E-state index contributed by atoms with van der Waals surface area (Å²) < 4.78 is 22.1. The highest BCUT2D eigenvalue weighted by atomic mass is 16.5. The minimum absolute atomic E-state index is 0.606. The topological polar surface area (TPSA) is 65.6 Å². The summed E-state index contributed by atoms with van der Waals surface area (Å²) in [6, 6.07) is 9.47. The van der Waals surface area contributed by atoms with Crippen molar-refractivity contribution in [3.05, 3.63) is 30.3 Å². The van der Waals surface area contributed by atoms with Crippen LogP contribution in [0.15, 0.2) is 30.3 Å². The number of aromatic nitrogens is 2. The summed E-state index contributed by atoms with van der Waals surface area (Å²) in [6.07, 6.45) is 0.909. The fraction of sp³-hybridized carbons (Fsp3) is 0.316. The molecule has 3 aromatic rings. The first-order valence-corrected chi connectivity index (χ1v) is 8.13. The van der Waals surface area contributed by atoms with Crippen LogP contribution in [-0.4, -0.2) is 37.9 Å². The van der Waals surface area contributed by atoms with Crippen molar-refractivity contribution in [1.29, 1.82) is 0 Å². The summed E-state index contributed by atoms with van der Waals surface area (Å²) >= 11 is 0. The number of nitrogens with one attached hydrogen (secondary N) is 1. The molecule has 0 radical (unpaired) electrons. The van der Waals surface area contributed by atoms with E-state index in [1.165, 1.54) is 0 Å². The van der Waals surface area contributed by atoms with E-state index >= 15 is 0 Å². The lowest BCUT2D eigenvalue weighted by Crippen LogP contribution is -2.00. The van der Waals surface area contributed by atoms with Crippen molar-refractivity contribution in [2.45, 2.75) is 13.3 Å². The number of H-pyrrole nitrogens is 1. The molecule has 132 valence electrons. The Hall–Kier alpha value is -2.89. The summed E-state index contributed by atoms with van der Waals surface area (Å²) in [5, 5.41) is 0. The van der Waals surface area contributed by atoms with E-state index in [0.717, 1.165) is 23.0 Å². The van der Waals surface area contributed by atoms with Gasteiger partial charge in [-0.3, -0.25) is 0 Å². The maximum Gasteiger partial charge on any atom is 0.172 e. The number of ether oxygens (including phenoxy) is 4. The summed E-state index contributed by atoms with van der Waals surface area (Å²) in [5.41, 5.74) is 2.50. The minimum atomic E-state index is 0.606. The first kappa shape index (κ1) is 17.0. The van der Waals surface area contributed by atoms with Crippen LogP contribution in [-0.2, 0) is 0 Å². The molecule has 0 bridgehead atoms. The van der Waals surface area contributed by atoms with Gasteiger partial charge in [-0.15, -0.1) is 0 Å². The number of para-hydroxylation sites is 1. The number of benzene rings is 2. The predicted molar refractivity (Wildman–Crippen MR) is 97.0 cm³/mol. The highest BCUT2D eigenvalue weighted by Crippen LogP contribution is 2.39. The van der Waals surface area contributed by atoms with Crippen molar-refractivity contribution in [1.82, 2.24) is 9.97 Å². The molecule has 0 aliphatic heterocycles. The fourth-order valence-corrected chi connectivity index (χ4v) is 2.68. The molecule has 3 rings (SSSR count). The first-order valence-electron chi connectivity index (χ1n) is 8.13. The van der Waals surface area contributed by atoms with E-state index in [0.29, 0.717) is 35.4 Å². The molecule has 6 nitrogen and oxygen atoms in total. The van der Waals surface area contributed by atoms with Gasteiger partial charge < -0.3 is 23.9 Å². The summed E-state index contributed by atoms with van der Waals surface area (Å²) in [6.45, 7) is 2.67. The Labute approximate surface area is 146 Å². The number of aromatic amines is 1. The average Bonchev–Trinajstić information content (AvgIpc) is 3.07. The Kier molecular flexibility index (Phi) is 4.97. The molecule has 1 N–H and O–H groups in total. The van der Waals surface area contributed by atoms with Gasteiger partial charge in [0, 0.05) is 12.1 Å². The molecule has 0 atom stereocenters. The van der Waals surface area contributed by atoms with E-state index in [9.17, 15) is 0 Å². The molecule has 0 aliphatic rings. The van der Waals surface area contributed by atoms with E-state index in [2.05, 4.69) is 16.9 Å². The van der Waals surface area contributed by atoms with Crippen LogP contribution in [0.2, 0.25) is 0 Å². The van der Waals surface area contributed by atoms with Crippen LogP contribution in [0.1, 0.15) is 13.3 Å². The molecule has 6 heteroatoms. The standard InChI is InChI=1S/C19H22N2O4/c1-5-9-25-18-12(7-6-8-15(18)22-2)19-20-13-10-16(23-3)17(24-4)11-14(13)21-19/h6-8,10-11H,5,9H2,1-4H3,(H,20,21). The van der Waals surface area contributed by atoms with E-state index in [1.807, 2.05) is 30.3 Å². The third-order valence-electron chi connectivity index (χ3n) is 3.89. The molecular formula is C19H22N2O4. The largest absolute Gasteiger partial charge is 0.493 e. The second-order valence-electron chi connectivity index (χ2n) is 5.50. The summed E-state index contributed by atoms with van der Waals surface area (Å²) in [7, 11) is 4.85. The molecule has 0 unspecified atom stereocenters. The van der Waals surface area contributed by atoms with Crippen LogP contribution < -0.4 is 18.9 Å². The van der Waals surface area contributed by atoms with Crippen LogP contribution in [0.5, 0.6) is 23.0 Å². The molecule has 1 aromatic heterocycles. The third kappa shape index (κ3) is 3.20.